The van der Waals surface area contributed by atoms with E-state index in [4.69, 9.17) is 23.2 Å². The van der Waals surface area contributed by atoms with Gasteiger partial charge in [-0.1, -0.05) is 29.3 Å². The molecule has 0 fully saturated rings. The molecule has 0 saturated heterocycles. The predicted octanol–water partition coefficient (Wildman–Crippen LogP) is 6.48. The molecule has 2 aromatic carbocycles. The first kappa shape index (κ1) is 19.8. The lowest BCUT2D eigenvalue weighted by atomic mass is 9.99. The lowest BCUT2D eigenvalue weighted by Gasteiger charge is -2.18. The third kappa shape index (κ3) is 3.50. The predicted molar refractivity (Wildman–Crippen MR) is 111 cm³/mol. The minimum atomic E-state index is -1.34. The van der Waals surface area contributed by atoms with E-state index in [0.717, 1.165) is 0 Å². The van der Waals surface area contributed by atoms with Gasteiger partial charge in [0.05, 0.1) is 27.5 Å². The Hall–Kier alpha value is -2.47. The molecule has 2 aromatic heterocycles. The summed E-state index contributed by atoms with van der Waals surface area (Å²) in [5, 5.41) is 10.9. The van der Waals surface area contributed by atoms with E-state index in [1.807, 2.05) is 0 Å². The largest absolute Gasteiger partial charge is 0.386 e. The van der Waals surface area contributed by atoms with E-state index in [-0.39, 0.29) is 11.2 Å². The molecule has 0 aliphatic carbocycles. The average molecular weight is 433 g/mol. The van der Waals surface area contributed by atoms with Crippen LogP contribution in [0.5, 0.6) is 0 Å². The van der Waals surface area contributed by atoms with Gasteiger partial charge in [-0.15, -0.1) is 0 Å². The summed E-state index contributed by atoms with van der Waals surface area (Å²) in [4.78, 5) is 4.16. The molecule has 0 saturated carbocycles. The van der Waals surface area contributed by atoms with Gasteiger partial charge >= 0.3 is 0 Å². The molecule has 4 rings (SSSR count). The second-order valence-corrected chi connectivity index (χ2v) is 8.08. The van der Waals surface area contributed by atoms with Crippen molar-refractivity contribution in [2.24, 2.45) is 0 Å². The summed E-state index contributed by atoms with van der Waals surface area (Å²) in [6.07, 6.45) is 3.15. The van der Waals surface area contributed by atoms with Crippen LogP contribution >= 0.6 is 23.2 Å². The van der Waals surface area contributed by atoms with Gasteiger partial charge in [0.1, 0.15) is 5.82 Å². The highest BCUT2D eigenvalue weighted by atomic mass is 35.5. The summed E-state index contributed by atoms with van der Waals surface area (Å²) in [6, 6.07) is 11.0. The van der Waals surface area contributed by atoms with E-state index in [2.05, 4.69) is 4.98 Å². The quantitative estimate of drug-likeness (QED) is 0.402. The maximum Gasteiger partial charge on any atom is 0.174 e. The normalized spacial score (nSPS) is 12.0. The Morgan fingerprint density at radius 1 is 0.966 bits per heavy atom. The second kappa shape index (κ2) is 7.10. The highest BCUT2D eigenvalue weighted by molar-refractivity contribution is 6.42. The van der Waals surface area contributed by atoms with Crippen LogP contribution in [0.1, 0.15) is 19.4 Å². The fraction of sp³-hybridized carbons (Fsp3) is 0.136. The number of nitrogens with zero attached hydrogens (tertiary/aromatic N) is 2. The number of benzene rings is 2. The van der Waals surface area contributed by atoms with Crippen LogP contribution in [-0.2, 0) is 5.60 Å². The molecule has 7 heteroatoms. The molecule has 0 aliphatic rings. The summed E-state index contributed by atoms with van der Waals surface area (Å²) < 4.78 is 30.9. The second-order valence-electron chi connectivity index (χ2n) is 7.26. The highest BCUT2D eigenvalue weighted by Gasteiger charge is 2.24. The van der Waals surface area contributed by atoms with Crippen molar-refractivity contribution in [3.63, 3.8) is 0 Å². The number of hydrogen-bond acceptors (Lipinski definition) is 2. The molecule has 148 valence electrons. The molecule has 0 atom stereocenters. The molecule has 0 unspecified atom stereocenters. The SMILES string of the molecule is CC(C)(O)c1ccn2c(-c3ccc(F)c(-c4ccc(Cl)c(Cl)c4)c3)cnc2c1F. The first-order chi connectivity index (χ1) is 13.7. The fourth-order valence-electron chi connectivity index (χ4n) is 3.27. The van der Waals surface area contributed by atoms with E-state index in [9.17, 15) is 13.9 Å². The van der Waals surface area contributed by atoms with Crippen LogP contribution < -0.4 is 0 Å². The molecule has 2 heterocycles. The molecule has 0 bridgehead atoms. The third-order valence-electron chi connectivity index (χ3n) is 4.77. The van der Waals surface area contributed by atoms with Gasteiger partial charge in [0.15, 0.2) is 11.5 Å². The number of aromatic nitrogens is 2. The van der Waals surface area contributed by atoms with Crippen molar-refractivity contribution in [2.45, 2.75) is 19.4 Å². The van der Waals surface area contributed by atoms with Gasteiger partial charge in [0.25, 0.3) is 0 Å². The Balaban J connectivity index is 1.87. The summed E-state index contributed by atoms with van der Waals surface area (Å²) in [7, 11) is 0. The maximum atomic E-state index is 14.9. The summed E-state index contributed by atoms with van der Waals surface area (Å²) in [5.41, 5.74) is 1.04. The van der Waals surface area contributed by atoms with Gasteiger partial charge in [-0.05, 0) is 55.8 Å². The van der Waals surface area contributed by atoms with Gasteiger partial charge in [0.2, 0.25) is 0 Å². The zero-order valence-electron chi connectivity index (χ0n) is 15.5. The number of pyridine rings is 1. The Labute approximate surface area is 176 Å². The Morgan fingerprint density at radius 2 is 1.69 bits per heavy atom. The Morgan fingerprint density at radius 3 is 2.38 bits per heavy atom. The van der Waals surface area contributed by atoms with Crippen molar-refractivity contribution in [1.82, 2.24) is 9.38 Å². The lowest BCUT2D eigenvalue weighted by Crippen LogP contribution is -2.18. The standard InChI is InChI=1S/C22H16Cl2F2N2O/c1-22(2,29)15-7-8-28-19(11-27-21(28)20(15)26)13-4-6-18(25)14(9-13)12-3-5-16(23)17(24)10-12/h3-11,29H,1-2H3. The van der Waals surface area contributed by atoms with E-state index >= 15 is 0 Å². The van der Waals surface area contributed by atoms with E-state index in [0.29, 0.717) is 32.4 Å². The van der Waals surface area contributed by atoms with Crippen LogP contribution in [0.4, 0.5) is 8.78 Å². The molecular formula is C22H16Cl2F2N2O. The molecule has 0 spiro atoms. The average Bonchev–Trinajstić information content (AvgIpc) is 3.09. The van der Waals surface area contributed by atoms with Crippen LogP contribution in [0.15, 0.2) is 54.9 Å². The van der Waals surface area contributed by atoms with Crippen molar-refractivity contribution >= 4 is 28.8 Å². The van der Waals surface area contributed by atoms with Gasteiger partial charge in [-0.2, -0.15) is 0 Å². The molecular weight excluding hydrogens is 417 g/mol. The fourth-order valence-corrected chi connectivity index (χ4v) is 3.57. The number of hydrogen-bond donors (Lipinski definition) is 1. The summed E-state index contributed by atoms with van der Waals surface area (Å²) in [5.74, 6) is -1.02. The zero-order chi connectivity index (χ0) is 20.9. The monoisotopic (exact) mass is 432 g/mol. The lowest BCUT2D eigenvalue weighted by molar-refractivity contribution is 0.0746. The maximum absolute atomic E-state index is 14.9. The van der Waals surface area contributed by atoms with Crippen LogP contribution in [0.3, 0.4) is 0 Å². The van der Waals surface area contributed by atoms with E-state index < -0.39 is 17.2 Å². The first-order valence-corrected chi connectivity index (χ1v) is 9.56. The van der Waals surface area contributed by atoms with Crippen LogP contribution in [0.25, 0.3) is 28.0 Å². The van der Waals surface area contributed by atoms with E-state index in [1.165, 1.54) is 32.2 Å². The zero-order valence-corrected chi connectivity index (χ0v) is 17.1. The van der Waals surface area contributed by atoms with Crippen molar-refractivity contribution in [2.75, 3.05) is 0 Å². The van der Waals surface area contributed by atoms with Gasteiger partial charge in [0, 0.05) is 22.9 Å². The number of halogens is 4. The van der Waals surface area contributed by atoms with Gasteiger partial charge in [-0.3, -0.25) is 4.40 Å². The number of fused-ring (bicyclic) bond motifs is 1. The number of imidazole rings is 1. The number of aliphatic hydroxyl groups is 1. The molecule has 0 radical (unpaired) electrons. The molecule has 29 heavy (non-hydrogen) atoms. The third-order valence-corrected chi connectivity index (χ3v) is 5.51. The minimum Gasteiger partial charge on any atom is -0.386 e. The first-order valence-electron chi connectivity index (χ1n) is 8.80. The van der Waals surface area contributed by atoms with Gasteiger partial charge in [-0.25, -0.2) is 13.8 Å². The number of rotatable bonds is 3. The van der Waals surface area contributed by atoms with Gasteiger partial charge < -0.3 is 5.11 Å². The summed E-state index contributed by atoms with van der Waals surface area (Å²) in [6.45, 7) is 3.02. The highest BCUT2D eigenvalue weighted by Crippen LogP contribution is 2.34. The molecule has 4 aromatic rings. The summed E-state index contributed by atoms with van der Waals surface area (Å²) >= 11 is 12.0. The minimum absolute atomic E-state index is 0.0834. The van der Waals surface area contributed by atoms with E-state index in [1.54, 1.807) is 40.9 Å². The van der Waals surface area contributed by atoms with Crippen molar-refractivity contribution < 1.29 is 13.9 Å². The topological polar surface area (TPSA) is 37.5 Å². The van der Waals surface area contributed by atoms with Crippen molar-refractivity contribution in [3.05, 3.63) is 82.1 Å². The van der Waals surface area contributed by atoms with Crippen LogP contribution in [-0.4, -0.2) is 14.5 Å². The van der Waals surface area contributed by atoms with Crippen LogP contribution in [0.2, 0.25) is 10.0 Å². The van der Waals surface area contributed by atoms with Crippen molar-refractivity contribution in [1.29, 1.82) is 0 Å². The Kier molecular flexibility index (Phi) is 4.85. The van der Waals surface area contributed by atoms with Crippen molar-refractivity contribution in [3.8, 4) is 22.4 Å². The Bertz CT molecular complexity index is 1250. The molecule has 1 N–H and O–H groups in total. The molecule has 0 amide bonds. The smallest absolute Gasteiger partial charge is 0.174 e. The molecule has 0 aliphatic heterocycles. The molecule has 3 nitrogen and oxygen atoms in total. The van der Waals surface area contributed by atoms with Crippen LogP contribution in [0, 0.1) is 11.6 Å².